The van der Waals surface area contributed by atoms with Gasteiger partial charge in [0, 0.05) is 43.7 Å². The van der Waals surface area contributed by atoms with Gasteiger partial charge in [-0.15, -0.1) is 0 Å². The molecule has 1 aromatic heterocycles. The average molecular weight is 527 g/mol. The minimum Gasteiger partial charge on any atom is -0.483 e. The lowest BCUT2D eigenvalue weighted by Gasteiger charge is -2.48. The Labute approximate surface area is 226 Å². The van der Waals surface area contributed by atoms with Crippen LogP contribution in [0.4, 0.5) is 10.2 Å². The van der Waals surface area contributed by atoms with Crippen molar-refractivity contribution in [1.29, 1.82) is 0 Å². The van der Waals surface area contributed by atoms with Gasteiger partial charge in [0.2, 0.25) is 5.91 Å². The lowest BCUT2D eigenvalue weighted by molar-refractivity contribution is -0.120. The van der Waals surface area contributed by atoms with Gasteiger partial charge in [-0.2, -0.15) is 0 Å². The number of hydrogen-bond acceptors (Lipinski definition) is 6. The molecule has 0 bridgehead atoms. The Balaban J connectivity index is 1.58. The molecule has 2 heterocycles. The van der Waals surface area contributed by atoms with E-state index in [9.17, 15) is 14.3 Å². The van der Waals surface area contributed by atoms with E-state index in [4.69, 9.17) is 9.72 Å². The van der Waals surface area contributed by atoms with E-state index in [2.05, 4.69) is 49.7 Å². The first-order valence-corrected chi connectivity index (χ1v) is 13.9. The van der Waals surface area contributed by atoms with Gasteiger partial charge in [-0.1, -0.05) is 32.9 Å². The third-order valence-corrected chi connectivity index (χ3v) is 7.42. The predicted octanol–water partition coefficient (Wildman–Crippen LogP) is 4.69. The first kappa shape index (κ1) is 28.3. The summed E-state index contributed by atoms with van der Waals surface area (Å²) in [6.45, 7) is 11.1. The van der Waals surface area contributed by atoms with Crippen LogP contribution in [0.1, 0.15) is 83.2 Å². The van der Waals surface area contributed by atoms with Gasteiger partial charge in [0.1, 0.15) is 11.4 Å². The molecule has 0 radical (unpaired) electrons. The minimum atomic E-state index is -0.866. The number of benzene rings is 1. The Hall–Kier alpha value is -2.71. The molecule has 1 aliphatic heterocycles. The van der Waals surface area contributed by atoms with Gasteiger partial charge in [0.15, 0.2) is 11.6 Å². The number of anilines is 1. The van der Waals surface area contributed by atoms with Crippen molar-refractivity contribution in [3.05, 3.63) is 53.0 Å². The summed E-state index contributed by atoms with van der Waals surface area (Å²) in [5.74, 6) is 1.02. The van der Waals surface area contributed by atoms with Gasteiger partial charge >= 0.3 is 0 Å². The highest BCUT2D eigenvalue weighted by Gasteiger charge is 2.47. The molecule has 1 fully saturated rings. The van der Waals surface area contributed by atoms with Crippen molar-refractivity contribution < 1.29 is 19.0 Å². The molecule has 8 heteroatoms. The van der Waals surface area contributed by atoms with Crippen molar-refractivity contribution in [2.45, 2.75) is 96.9 Å². The molecule has 0 saturated heterocycles. The van der Waals surface area contributed by atoms with E-state index in [1.54, 1.807) is 12.1 Å². The Morgan fingerprint density at radius 3 is 2.66 bits per heavy atom. The summed E-state index contributed by atoms with van der Waals surface area (Å²) in [5, 5.41) is 21.1. The molecule has 1 saturated carbocycles. The SMILES string of the molecule is CCNc1nc(CC(C)(C)C)cc2c1OC1(CCC1)C[C@@H]2NC[C@@H](O)[C@H](Cc1cccc(F)c1)NC(C)=O. The van der Waals surface area contributed by atoms with Crippen LogP contribution in [0.3, 0.4) is 0 Å². The summed E-state index contributed by atoms with van der Waals surface area (Å²) in [6.07, 6.45) is 4.24. The summed E-state index contributed by atoms with van der Waals surface area (Å²) < 4.78 is 20.4. The van der Waals surface area contributed by atoms with Crippen LogP contribution in [0.5, 0.6) is 5.75 Å². The fourth-order valence-corrected chi connectivity index (χ4v) is 5.56. The van der Waals surface area contributed by atoms with Crippen LogP contribution < -0.4 is 20.7 Å². The van der Waals surface area contributed by atoms with E-state index in [1.165, 1.54) is 19.1 Å². The van der Waals surface area contributed by atoms with Gasteiger partial charge in [-0.3, -0.25) is 4.79 Å². The smallest absolute Gasteiger partial charge is 0.217 e. The average Bonchev–Trinajstić information content (AvgIpc) is 2.80. The highest BCUT2D eigenvalue weighted by molar-refractivity contribution is 5.73. The number of aliphatic hydroxyl groups is 1. The fraction of sp³-hybridized carbons (Fsp3) is 0.600. The van der Waals surface area contributed by atoms with Crippen molar-refractivity contribution in [3.8, 4) is 5.75 Å². The Morgan fingerprint density at radius 1 is 1.29 bits per heavy atom. The lowest BCUT2D eigenvalue weighted by atomic mass is 9.72. The van der Waals surface area contributed by atoms with E-state index in [-0.39, 0.29) is 35.3 Å². The number of rotatable bonds is 10. The number of aliphatic hydroxyl groups excluding tert-OH is 1. The van der Waals surface area contributed by atoms with Crippen LogP contribution in [-0.2, 0) is 17.6 Å². The zero-order valence-corrected chi connectivity index (χ0v) is 23.4. The summed E-state index contributed by atoms with van der Waals surface area (Å²) in [5.41, 5.74) is 2.65. The van der Waals surface area contributed by atoms with E-state index in [0.717, 1.165) is 67.0 Å². The van der Waals surface area contributed by atoms with Gasteiger partial charge in [-0.25, -0.2) is 9.37 Å². The first-order chi connectivity index (χ1) is 18.0. The zero-order valence-electron chi connectivity index (χ0n) is 23.4. The molecule has 3 atom stereocenters. The van der Waals surface area contributed by atoms with E-state index in [1.807, 2.05) is 0 Å². The molecular formula is C30H43FN4O3. The number of carbonyl (C=O) groups is 1. The van der Waals surface area contributed by atoms with Crippen molar-refractivity contribution in [1.82, 2.24) is 15.6 Å². The van der Waals surface area contributed by atoms with Crippen molar-refractivity contribution >= 4 is 11.7 Å². The number of pyridine rings is 1. The molecular weight excluding hydrogens is 483 g/mol. The number of hydrogen-bond donors (Lipinski definition) is 4. The second-order valence-electron chi connectivity index (χ2n) is 12.2. The first-order valence-electron chi connectivity index (χ1n) is 13.9. The molecule has 0 unspecified atom stereocenters. The number of nitrogens with one attached hydrogen (secondary N) is 3. The van der Waals surface area contributed by atoms with Crippen LogP contribution in [0.15, 0.2) is 30.3 Å². The molecule has 1 amide bonds. The second-order valence-corrected chi connectivity index (χ2v) is 12.2. The molecule has 38 heavy (non-hydrogen) atoms. The molecule has 1 spiro atoms. The summed E-state index contributed by atoms with van der Waals surface area (Å²) in [6, 6.07) is 7.84. The molecule has 4 N–H and O–H groups in total. The maximum Gasteiger partial charge on any atom is 0.217 e. The Bertz CT molecular complexity index is 1130. The fourth-order valence-electron chi connectivity index (χ4n) is 5.56. The standard InChI is InChI=1S/C30H43FN4O3/c1-6-32-28-27-23(15-22(35-28)16-29(3,4)5)25(17-30(38-27)11-8-12-30)33-18-26(37)24(34-19(2)36)14-20-9-7-10-21(31)13-20/h7,9-10,13,15,24-26,33,37H,6,8,11-12,14,16-18H2,1-5H3,(H,32,35)(H,34,36)/t24-,25-,26+/m0/s1. The highest BCUT2D eigenvalue weighted by atomic mass is 19.1. The zero-order chi connectivity index (χ0) is 27.5. The van der Waals surface area contributed by atoms with Crippen LogP contribution in [-0.4, -0.2) is 46.8 Å². The van der Waals surface area contributed by atoms with E-state index < -0.39 is 12.1 Å². The third kappa shape index (κ3) is 7.03. The van der Waals surface area contributed by atoms with Gasteiger partial charge < -0.3 is 25.8 Å². The molecule has 7 nitrogen and oxygen atoms in total. The van der Waals surface area contributed by atoms with Crippen molar-refractivity contribution in [3.63, 3.8) is 0 Å². The van der Waals surface area contributed by atoms with E-state index >= 15 is 0 Å². The van der Waals surface area contributed by atoms with Crippen LogP contribution in [0.25, 0.3) is 0 Å². The summed E-state index contributed by atoms with van der Waals surface area (Å²) in [7, 11) is 0. The summed E-state index contributed by atoms with van der Waals surface area (Å²) in [4.78, 5) is 16.9. The van der Waals surface area contributed by atoms with Gasteiger partial charge in [-0.05, 0) is 68.2 Å². The third-order valence-electron chi connectivity index (χ3n) is 7.42. The topological polar surface area (TPSA) is 95.5 Å². The molecule has 4 rings (SSSR count). The predicted molar refractivity (Wildman–Crippen MR) is 148 cm³/mol. The van der Waals surface area contributed by atoms with Gasteiger partial charge in [0.05, 0.1) is 12.1 Å². The maximum atomic E-state index is 13.8. The summed E-state index contributed by atoms with van der Waals surface area (Å²) >= 11 is 0. The number of aromatic nitrogens is 1. The maximum absolute atomic E-state index is 13.8. The molecule has 2 aliphatic rings. The second kappa shape index (κ2) is 11.6. The minimum absolute atomic E-state index is 0.0278. The number of halogens is 1. The Kier molecular flexibility index (Phi) is 8.62. The molecule has 1 aromatic carbocycles. The number of nitrogens with zero attached hydrogens (tertiary/aromatic N) is 1. The monoisotopic (exact) mass is 526 g/mol. The normalized spacial score (nSPS) is 19.6. The largest absolute Gasteiger partial charge is 0.483 e. The van der Waals surface area contributed by atoms with Gasteiger partial charge in [0.25, 0.3) is 0 Å². The lowest BCUT2D eigenvalue weighted by Crippen LogP contribution is -2.52. The van der Waals surface area contributed by atoms with E-state index in [0.29, 0.717) is 6.42 Å². The highest BCUT2D eigenvalue weighted by Crippen LogP contribution is 2.51. The van der Waals surface area contributed by atoms with Crippen LogP contribution >= 0.6 is 0 Å². The number of amides is 1. The quantitative estimate of drug-likeness (QED) is 0.359. The number of ether oxygens (including phenoxy) is 1. The number of carbonyl (C=O) groups excluding carboxylic acids is 1. The van der Waals surface area contributed by atoms with Crippen LogP contribution in [0.2, 0.25) is 0 Å². The Morgan fingerprint density at radius 2 is 2.05 bits per heavy atom. The molecule has 208 valence electrons. The van der Waals surface area contributed by atoms with Crippen molar-refractivity contribution in [2.75, 3.05) is 18.4 Å². The van der Waals surface area contributed by atoms with Crippen molar-refractivity contribution in [2.24, 2.45) is 5.41 Å². The van der Waals surface area contributed by atoms with Crippen LogP contribution in [0, 0.1) is 11.2 Å². The number of fused-ring (bicyclic) bond motifs is 1. The molecule has 1 aliphatic carbocycles. The molecule has 2 aromatic rings.